The van der Waals surface area contributed by atoms with E-state index in [2.05, 4.69) is 9.44 Å². The molecule has 4 aromatic carbocycles. The van der Waals surface area contributed by atoms with Gasteiger partial charge in [0.05, 0.1) is 27.7 Å². The average molecular weight is 601 g/mol. The summed E-state index contributed by atoms with van der Waals surface area (Å²) in [5.41, 5.74) is 5.09. The van der Waals surface area contributed by atoms with E-state index in [1.807, 2.05) is 79.1 Å². The van der Waals surface area contributed by atoms with Gasteiger partial charge < -0.3 is 4.57 Å². The number of nitrogens with one attached hydrogen (secondary N) is 2. The fraction of sp³-hybridized carbons (Fsp3) is 0.156. The second kappa shape index (κ2) is 12.4. The van der Waals surface area contributed by atoms with Crippen molar-refractivity contribution in [3.8, 4) is 22.5 Å². The SMILES string of the molecule is Cc1ccc(S(=O)(=O)NCCn2c(CNS(=O)(=O)c3ccc(C)cc3)nc(-c3ccccc3)c2-c2ccccc2)cc1. The van der Waals surface area contributed by atoms with Gasteiger partial charge in [-0.3, -0.25) is 0 Å². The summed E-state index contributed by atoms with van der Waals surface area (Å²) in [7, 11) is -7.58. The lowest BCUT2D eigenvalue weighted by Gasteiger charge is -2.15. The third-order valence-electron chi connectivity index (χ3n) is 6.85. The summed E-state index contributed by atoms with van der Waals surface area (Å²) in [6.07, 6.45) is 0. The lowest BCUT2D eigenvalue weighted by Crippen LogP contribution is -2.29. The number of aryl methyl sites for hydroxylation is 2. The molecule has 0 spiro atoms. The summed E-state index contributed by atoms with van der Waals surface area (Å²) < 4.78 is 59.6. The van der Waals surface area contributed by atoms with Crippen LogP contribution in [0.1, 0.15) is 17.0 Å². The highest BCUT2D eigenvalue weighted by atomic mass is 32.2. The predicted octanol–water partition coefficient (Wildman–Crippen LogP) is 5.29. The molecule has 0 saturated heterocycles. The number of aromatic nitrogens is 2. The minimum atomic E-state index is -3.82. The van der Waals surface area contributed by atoms with Crippen LogP contribution in [0.2, 0.25) is 0 Å². The molecule has 0 amide bonds. The maximum atomic E-state index is 13.1. The quantitative estimate of drug-likeness (QED) is 0.214. The molecule has 2 N–H and O–H groups in total. The van der Waals surface area contributed by atoms with Crippen molar-refractivity contribution < 1.29 is 16.8 Å². The summed E-state index contributed by atoms with van der Waals surface area (Å²) in [5, 5.41) is 0. The van der Waals surface area contributed by atoms with Gasteiger partial charge in [0.1, 0.15) is 5.82 Å². The molecule has 8 nitrogen and oxygen atoms in total. The highest BCUT2D eigenvalue weighted by Crippen LogP contribution is 2.33. The van der Waals surface area contributed by atoms with Crippen molar-refractivity contribution in [3.63, 3.8) is 0 Å². The predicted molar refractivity (Wildman–Crippen MR) is 165 cm³/mol. The number of imidazole rings is 1. The molecule has 1 heterocycles. The summed E-state index contributed by atoms with van der Waals surface area (Å²) in [6.45, 7) is 3.99. The maximum Gasteiger partial charge on any atom is 0.240 e. The van der Waals surface area contributed by atoms with Gasteiger partial charge in [-0.25, -0.2) is 31.3 Å². The molecule has 0 saturated carbocycles. The molecule has 0 aliphatic heterocycles. The summed E-state index contributed by atoms with van der Waals surface area (Å²) in [5.74, 6) is 0.456. The van der Waals surface area contributed by atoms with Crippen LogP contribution in [0, 0.1) is 13.8 Å². The first-order valence-electron chi connectivity index (χ1n) is 13.5. The zero-order chi connectivity index (χ0) is 29.7. The molecule has 0 bridgehead atoms. The third-order valence-corrected chi connectivity index (χ3v) is 9.75. The molecule has 42 heavy (non-hydrogen) atoms. The average Bonchev–Trinajstić information content (AvgIpc) is 3.36. The van der Waals surface area contributed by atoms with Crippen molar-refractivity contribution in [2.75, 3.05) is 6.54 Å². The number of sulfonamides is 2. The molecule has 216 valence electrons. The van der Waals surface area contributed by atoms with Gasteiger partial charge in [0.15, 0.2) is 0 Å². The molecule has 5 aromatic rings. The summed E-state index contributed by atoms with van der Waals surface area (Å²) >= 11 is 0. The number of rotatable bonds is 11. The van der Waals surface area contributed by atoms with Gasteiger partial charge in [0.25, 0.3) is 0 Å². The Balaban J connectivity index is 1.52. The van der Waals surface area contributed by atoms with E-state index in [9.17, 15) is 16.8 Å². The van der Waals surface area contributed by atoms with E-state index in [1.165, 1.54) is 0 Å². The van der Waals surface area contributed by atoms with Crippen molar-refractivity contribution in [3.05, 3.63) is 126 Å². The lowest BCUT2D eigenvalue weighted by molar-refractivity contribution is 0.564. The van der Waals surface area contributed by atoms with Gasteiger partial charge in [0.2, 0.25) is 20.0 Å². The topological polar surface area (TPSA) is 110 Å². The van der Waals surface area contributed by atoms with Gasteiger partial charge >= 0.3 is 0 Å². The zero-order valence-electron chi connectivity index (χ0n) is 23.4. The minimum absolute atomic E-state index is 0.0678. The van der Waals surface area contributed by atoms with Gasteiger partial charge in [-0.05, 0) is 38.1 Å². The Hall–Kier alpha value is -4.09. The number of benzene rings is 4. The number of nitrogens with zero attached hydrogens (tertiary/aromatic N) is 2. The lowest BCUT2D eigenvalue weighted by atomic mass is 10.0. The van der Waals surface area contributed by atoms with Crippen LogP contribution in [0.4, 0.5) is 0 Å². The fourth-order valence-corrected chi connectivity index (χ4v) is 6.62. The molecule has 0 unspecified atom stereocenters. The molecule has 0 aliphatic carbocycles. The van der Waals surface area contributed by atoms with Crippen LogP contribution in [-0.4, -0.2) is 32.9 Å². The Morgan fingerprint density at radius 2 is 1.10 bits per heavy atom. The van der Waals surface area contributed by atoms with Crippen LogP contribution >= 0.6 is 0 Å². The van der Waals surface area contributed by atoms with Crippen molar-refractivity contribution in [1.29, 1.82) is 0 Å². The molecule has 1 aromatic heterocycles. The first kappa shape index (κ1) is 29.4. The highest BCUT2D eigenvalue weighted by Gasteiger charge is 2.23. The molecule has 0 atom stereocenters. The molecule has 0 aliphatic rings. The fourth-order valence-electron chi connectivity index (χ4n) is 4.61. The monoisotopic (exact) mass is 600 g/mol. The van der Waals surface area contributed by atoms with E-state index in [0.717, 1.165) is 27.9 Å². The van der Waals surface area contributed by atoms with E-state index in [4.69, 9.17) is 4.98 Å². The van der Waals surface area contributed by atoms with Crippen molar-refractivity contribution >= 4 is 20.0 Å². The van der Waals surface area contributed by atoms with Gasteiger partial charge in [-0.2, -0.15) is 0 Å². The molecule has 0 radical (unpaired) electrons. The van der Waals surface area contributed by atoms with Crippen molar-refractivity contribution in [2.45, 2.75) is 36.7 Å². The second-order valence-corrected chi connectivity index (χ2v) is 13.5. The van der Waals surface area contributed by atoms with Crippen molar-refractivity contribution in [1.82, 2.24) is 19.0 Å². The molecular formula is C32H32N4O4S2. The normalized spacial score (nSPS) is 12.0. The van der Waals surface area contributed by atoms with Gasteiger partial charge in [0, 0.05) is 24.2 Å². The van der Waals surface area contributed by atoms with E-state index < -0.39 is 20.0 Å². The van der Waals surface area contributed by atoms with Crippen LogP contribution in [0.3, 0.4) is 0 Å². The first-order valence-corrected chi connectivity index (χ1v) is 16.4. The second-order valence-electron chi connectivity index (χ2n) is 9.96. The third kappa shape index (κ3) is 6.69. The Morgan fingerprint density at radius 3 is 1.62 bits per heavy atom. The van der Waals surface area contributed by atoms with E-state index >= 15 is 0 Å². The van der Waals surface area contributed by atoms with Gasteiger partial charge in [-0.15, -0.1) is 0 Å². The Kier molecular flexibility index (Phi) is 8.69. The van der Waals surface area contributed by atoms with Crippen LogP contribution in [-0.2, 0) is 33.1 Å². The smallest absolute Gasteiger partial charge is 0.240 e. The minimum Gasteiger partial charge on any atom is -0.325 e. The zero-order valence-corrected chi connectivity index (χ0v) is 25.0. The molecule has 10 heteroatoms. The van der Waals surface area contributed by atoms with Crippen LogP contribution < -0.4 is 9.44 Å². The van der Waals surface area contributed by atoms with E-state index in [-0.39, 0.29) is 29.4 Å². The maximum absolute atomic E-state index is 13.1. The first-order chi connectivity index (χ1) is 20.1. The molecule has 0 fully saturated rings. The van der Waals surface area contributed by atoms with Crippen molar-refractivity contribution in [2.24, 2.45) is 0 Å². The standard InChI is InChI=1S/C32H32N4O4S2/c1-24-13-17-28(18-14-24)41(37,38)33-21-22-36-30(23-34-42(39,40)29-19-15-25(2)16-20-29)35-31(26-9-5-3-6-10-26)32(36)27-11-7-4-8-12-27/h3-20,33-34H,21-23H2,1-2H3. The Labute approximate surface area is 247 Å². The largest absolute Gasteiger partial charge is 0.325 e. The molecular weight excluding hydrogens is 569 g/mol. The van der Waals surface area contributed by atoms with Crippen LogP contribution in [0.5, 0.6) is 0 Å². The highest BCUT2D eigenvalue weighted by molar-refractivity contribution is 7.89. The van der Waals surface area contributed by atoms with Gasteiger partial charge in [-0.1, -0.05) is 96.1 Å². The number of hydrogen-bond acceptors (Lipinski definition) is 5. The van der Waals surface area contributed by atoms with E-state index in [0.29, 0.717) is 11.5 Å². The summed E-state index contributed by atoms with van der Waals surface area (Å²) in [4.78, 5) is 5.24. The summed E-state index contributed by atoms with van der Waals surface area (Å²) in [6, 6.07) is 32.6. The van der Waals surface area contributed by atoms with Crippen LogP contribution in [0.25, 0.3) is 22.5 Å². The number of hydrogen-bond donors (Lipinski definition) is 2. The Morgan fingerprint density at radius 1 is 0.619 bits per heavy atom. The van der Waals surface area contributed by atoms with E-state index in [1.54, 1.807) is 48.5 Å². The Bertz CT molecular complexity index is 1870. The van der Waals surface area contributed by atoms with Crippen LogP contribution in [0.15, 0.2) is 119 Å². The molecule has 5 rings (SSSR count).